The van der Waals surface area contributed by atoms with Gasteiger partial charge in [-0.05, 0) is 104 Å². The molecule has 2 unspecified atom stereocenters. The maximum absolute atomic E-state index is 12.0. The number of alkyl carbamates (subject to hydrolysis) is 1. The van der Waals surface area contributed by atoms with Gasteiger partial charge in [-0.25, -0.2) is 4.79 Å². The van der Waals surface area contributed by atoms with Gasteiger partial charge in [0.05, 0.1) is 12.9 Å². The van der Waals surface area contributed by atoms with E-state index in [1.807, 2.05) is 60.6 Å². The average molecular weight is 663 g/mol. The molecule has 0 saturated heterocycles. The minimum absolute atomic E-state index is 0.0274. The smallest absolute Gasteiger partial charge is 0.407 e. The molecule has 0 fully saturated rings. The van der Waals surface area contributed by atoms with E-state index < -0.39 is 29.6 Å². The first-order valence-electron chi connectivity index (χ1n) is 17.0. The van der Waals surface area contributed by atoms with E-state index in [2.05, 4.69) is 42.1 Å². The van der Waals surface area contributed by atoms with E-state index in [9.17, 15) is 14.7 Å². The summed E-state index contributed by atoms with van der Waals surface area (Å²) < 4.78 is 16.3. The van der Waals surface area contributed by atoms with Crippen LogP contribution in [0.15, 0.2) is 60.9 Å². The second kappa shape index (κ2) is 24.3. The molecule has 0 aromatic carbocycles. The first-order chi connectivity index (χ1) is 22.0. The molecule has 0 aromatic rings. The van der Waals surface area contributed by atoms with Crippen molar-refractivity contribution >= 4 is 12.1 Å². The van der Waals surface area contributed by atoms with Crippen LogP contribution in [-0.4, -0.2) is 72.9 Å². The summed E-state index contributed by atoms with van der Waals surface area (Å²) in [6.45, 7) is 24.9. The lowest BCUT2D eigenvalue weighted by molar-refractivity contribution is -0.154. The van der Waals surface area contributed by atoms with Gasteiger partial charge in [-0.1, -0.05) is 50.8 Å². The lowest BCUT2D eigenvalue weighted by atomic mass is 10.00. The van der Waals surface area contributed by atoms with Crippen molar-refractivity contribution in [3.05, 3.63) is 60.9 Å². The molecular weight excluding hydrogens is 596 g/mol. The number of allylic oxidation sites excluding steroid dienone is 5. The molecule has 6 N–H and O–H groups in total. The third-order valence-electron chi connectivity index (χ3n) is 6.94. The zero-order chi connectivity index (χ0) is 35.9. The van der Waals surface area contributed by atoms with E-state index >= 15 is 0 Å². The van der Waals surface area contributed by atoms with Crippen LogP contribution in [0.1, 0.15) is 100 Å². The van der Waals surface area contributed by atoms with Gasteiger partial charge in [0.1, 0.15) is 17.4 Å². The Labute approximate surface area is 285 Å². The molecule has 47 heavy (non-hydrogen) atoms. The summed E-state index contributed by atoms with van der Waals surface area (Å²) >= 11 is 0. The van der Waals surface area contributed by atoms with Crippen LogP contribution >= 0.6 is 0 Å². The molecular formula is C37H66N4O6. The monoisotopic (exact) mass is 662 g/mol. The van der Waals surface area contributed by atoms with Crippen molar-refractivity contribution in [2.24, 2.45) is 11.7 Å². The fraction of sp³-hybridized carbons (Fsp3) is 0.676. The Kier molecular flexibility index (Phi) is 22.7. The van der Waals surface area contributed by atoms with Crippen molar-refractivity contribution in [3.63, 3.8) is 0 Å². The minimum Gasteiger partial charge on any atom is -0.501 e. The number of nitrogens with one attached hydrogen (secondary N) is 3. The van der Waals surface area contributed by atoms with Gasteiger partial charge in [-0.2, -0.15) is 0 Å². The largest absolute Gasteiger partial charge is 0.501 e. The van der Waals surface area contributed by atoms with Gasteiger partial charge in [-0.3, -0.25) is 10.1 Å². The Morgan fingerprint density at radius 1 is 0.979 bits per heavy atom. The van der Waals surface area contributed by atoms with E-state index in [-0.39, 0.29) is 12.0 Å². The van der Waals surface area contributed by atoms with Crippen LogP contribution in [-0.2, 0) is 19.0 Å². The molecule has 0 saturated carbocycles. The number of nitrogens with two attached hydrogens (primary N) is 1. The first-order valence-corrected chi connectivity index (χ1v) is 17.0. The predicted molar refractivity (Wildman–Crippen MR) is 193 cm³/mol. The summed E-state index contributed by atoms with van der Waals surface area (Å²) in [6.07, 6.45) is 14.6. The van der Waals surface area contributed by atoms with Crippen LogP contribution in [0, 0.1) is 5.92 Å². The second-order valence-electron chi connectivity index (χ2n) is 14.0. The molecule has 270 valence electrons. The molecule has 0 aliphatic rings. The Balaban J connectivity index is 4.98. The highest BCUT2D eigenvalue weighted by Gasteiger charge is 2.21. The normalized spacial score (nSPS) is 15.4. The van der Waals surface area contributed by atoms with E-state index in [0.29, 0.717) is 57.8 Å². The van der Waals surface area contributed by atoms with Crippen molar-refractivity contribution in [1.82, 2.24) is 16.0 Å². The van der Waals surface area contributed by atoms with E-state index in [1.165, 1.54) is 0 Å². The minimum atomic E-state index is -0.884. The van der Waals surface area contributed by atoms with Gasteiger partial charge in [0, 0.05) is 38.1 Å². The molecule has 0 aliphatic heterocycles. The maximum atomic E-state index is 12.0. The van der Waals surface area contributed by atoms with Gasteiger partial charge in [0.25, 0.3) is 0 Å². The molecule has 0 heterocycles. The van der Waals surface area contributed by atoms with Gasteiger partial charge < -0.3 is 35.7 Å². The number of ether oxygens (including phenoxy) is 3. The third kappa shape index (κ3) is 25.8. The summed E-state index contributed by atoms with van der Waals surface area (Å²) in [7, 11) is 0. The lowest BCUT2D eigenvalue weighted by Crippen LogP contribution is -2.52. The Bertz CT molecular complexity index is 1010. The second-order valence-corrected chi connectivity index (χ2v) is 14.0. The van der Waals surface area contributed by atoms with Crippen molar-refractivity contribution in [2.75, 3.05) is 26.2 Å². The van der Waals surface area contributed by atoms with Crippen molar-refractivity contribution < 1.29 is 28.9 Å². The Hall–Kier alpha value is -2.92. The highest BCUT2D eigenvalue weighted by molar-refractivity contribution is 5.69. The molecule has 0 aliphatic carbocycles. The van der Waals surface area contributed by atoms with E-state index in [1.54, 1.807) is 18.4 Å². The number of unbranched alkanes of at least 4 members (excludes halogenated alkanes) is 1. The number of amides is 1. The van der Waals surface area contributed by atoms with Crippen LogP contribution in [0.25, 0.3) is 0 Å². The van der Waals surface area contributed by atoms with Crippen molar-refractivity contribution in [2.45, 2.75) is 130 Å². The fourth-order valence-electron chi connectivity index (χ4n) is 4.34. The van der Waals surface area contributed by atoms with Crippen LogP contribution in [0.5, 0.6) is 0 Å². The Morgan fingerprint density at radius 2 is 1.66 bits per heavy atom. The lowest BCUT2D eigenvalue weighted by Gasteiger charge is -2.27. The summed E-state index contributed by atoms with van der Waals surface area (Å²) in [4.78, 5) is 23.7. The summed E-state index contributed by atoms with van der Waals surface area (Å²) in [5, 5.41) is 20.5. The zero-order valence-electron chi connectivity index (χ0n) is 30.5. The van der Waals surface area contributed by atoms with Gasteiger partial charge in [0.15, 0.2) is 0 Å². The molecule has 10 heteroatoms. The first kappa shape index (κ1) is 44.1. The molecule has 0 aromatic heterocycles. The number of esters is 1. The SMILES string of the molecule is C=C/C=C\C(C)CC[C@@H](CNCC(/C=C/OCCCNC(=O)OC(C)(C)C)=C(\C)C=C)NC(O)[C@@H](N)CCCCC(=O)OC(C)(C)C. The van der Waals surface area contributed by atoms with Gasteiger partial charge in [0.2, 0.25) is 0 Å². The zero-order valence-corrected chi connectivity index (χ0v) is 30.5. The number of hydrogen-bond acceptors (Lipinski definition) is 9. The van der Waals surface area contributed by atoms with Crippen molar-refractivity contribution in [1.29, 1.82) is 0 Å². The van der Waals surface area contributed by atoms with Gasteiger partial charge >= 0.3 is 12.1 Å². The highest BCUT2D eigenvalue weighted by atomic mass is 16.6. The molecule has 0 bridgehead atoms. The van der Waals surface area contributed by atoms with E-state index in [0.717, 1.165) is 30.4 Å². The fourth-order valence-corrected chi connectivity index (χ4v) is 4.34. The highest BCUT2D eigenvalue weighted by Crippen LogP contribution is 2.14. The van der Waals surface area contributed by atoms with Crippen LogP contribution in [0.4, 0.5) is 4.79 Å². The molecule has 0 spiro atoms. The summed E-state index contributed by atoms with van der Waals surface area (Å²) in [6, 6.07) is -0.493. The number of hydrogen-bond donors (Lipinski definition) is 5. The number of rotatable bonds is 24. The topological polar surface area (TPSA) is 144 Å². The standard InChI is InChI=1S/C37H66N4O6/c1-11-13-17-28(3)20-21-31(41-34(43)32(38)18-14-15-19-33(42)46-36(5,6)7)27-39-26-30(29(4)12-2)22-25-45-24-16-23-40-35(44)47-37(8,9)10/h11-13,17,22,25,28,31-32,34,39,41,43H,1-2,14-16,18-21,23-24,26-27,38H2,3-10H3,(H,40,44)/b17-13-,25-22+,30-29+/t28?,31-,32-,34?/m0/s1. The summed E-state index contributed by atoms with van der Waals surface area (Å²) in [5.74, 6) is 0.137. The van der Waals surface area contributed by atoms with Gasteiger partial charge in [-0.15, -0.1) is 0 Å². The van der Waals surface area contributed by atoms with Crippen LogP contribution in [0.2, 0.25) is 0 Å². The third-order valence-corrected chi connectivity index (χ3v) is 6.94. The number of carbonyl (C=O) groups excluding carboxylic acids is 2. The quantitative estimate of drug-likeness (QED) is 0.0269. The maximum Gasteiger partial charge on any atom is 0.407 e. The molecule has 10 nitrogen and oxygen atoms in total. The van der Waals surface area contributed by atoms with Crippen molar-refractivity contribution in [3.8, 4) is 0 Å². The predicted octanol–water partition coefficient (Wildman–Crippen LogP) is 6.19. The molecule has 4 atom stereocenters. The molecule has 1 amide bonds. The number of aliphatic hydroxyl groups excluding tert-OH is 1. The molecule has 0 radical (unpaired) electrons. The van der Waals surface area contributed by atoms with Crippen LogP contribution in [0.3, 0.4) is 0 Å². The average Bonchev–Trinajstić information content (AvgIpc) is 2.96. The summed E-state index contributed by atoms with van der Waals surface area (Å²) in [5.41, 5.74) is 7.35. The number of carbonyl (C=O) groups is 2. The molecule has 0 rings (SSSR count). The number of aliphatic hydroxyl groups is 1. The van der Waals surface area contributed by atoms with E-state index in [4.69, 9.17) is 19.9 Å². The van der Waals surface area contributed by atoms with Crippen LogP contribution < -0.4 is 21.7 Å². The Morgan fingerprint density at radius 3 is 2.28 bits per heavy atom.